The first-order valence-corrected chi connectivity index (χ1v) is 11.1. The van der Waals surface area contributed by atoms with Crippen molar-refractivity contribution < 1.29 is 8.78 Å². The molecule has 3 heteroatoms. The van der Waals surface area contributed by atoms with Gasteiger partial charge in [0.1, 0.15) is 0 Å². The van der Waals surface area contributed by atoms with Gasteiger partial charge in [0.05, 0.1) is 0 Å². The minimum Gasteiger partial charge on any atom is -0.198 e. The molecule has 1 aliphatic carbocycles. The van der Waals surface area contributed by atoms with Gasteiger partial charge in [0.15, 0.2) is 0 Å². The number of rotatable bonds is 8. The topological polar surface area (TPSA) is 0 Å². The highest BCUT2D eigenvalue weighted by Crippen LogP contribution is 2.37. The molecule has 0 bridgehead atoms. The van der Waals surface area contributed by atoms with Crippen molar-refractivity contribution in [3.63, 3.8) is 0 Å². The Balaban J connectivity index is 1.48. The molecule has 0 spiro atoms. The van der Waals surface area contributed by atoms with Gasteiger partial charge in [-0.25, -0.2) is 0 Å². The molecule has 0 nitrogen and oxygen atoms in total. The first-order valence-electron chi connectivity index (χ1n) is 10.3. The van der Waals surface area contributed by atoms with Gasteiger partial charge >= 0.3 is 0 Å². The van der Waals surface area contributed by atoms with E-state index in [0.29, 0.717) is 16.7 Å². The summed E-state index contributed by atoms with van der Waals surface area (Å²) in [5, 5.41) is 0. The van der Waals surface area contributed by atoms with Crippen molar-refractivity contribution >= 4 is 11.8 Å². The summed E-state index contributed by atoms with van der Waals surface area (Å²) in [6.07, 6.45) is 10.1. The normalized spacial score (nSPS) is 20.1. The molecule has 0 amide bonds. The van der Waals surface area contributed by atoms with E-state index in [4.69, 9.17) is 0 Å². The van der Waals surface area contributed by atoms with Gasteiger partial charge < -0.3 is 0 Å². The standard InChI is InChI=1S/C24H30F2S/c1-2-3-18-6-12-21(13-7-18)22-14-8-19(9-15-22)4-5-20-10-16-23(17-11-20)27-24(25)26/h8-11,14-18,21,24H,2-7,12-13H2,1H3/t18-,21-. The number of halogens is 2. The fourth-order valence-corrected chi connectivity index (χ4v) is 4.77. The minimum atomic E-state index is -2.35. The number of benzene rings is 2. The lowest BCUT2D eigenvalue weighted by Gasteiger charge is -2.28. The van der Waals surface area contributed by atoms with Crippen LogP contribution in [0.5, 0.6) is 0 Å². The van der Waals surface area contributed by atoms with E-state index >= 15 is 0 Å². The molecule has 0 aliphatic heterocycles. The molecule has 0 unspecified atom stereocenters. The maximum Gasteiger partial charge on any atom is 0.288 e. The Morgan fingerprint density at radius 2 is 1.41 bits per heavy atom. The molecule has 1 aliphatic rings. The Kier molecular flexibility index (Phi) is 7.75. The number of hydrogen-bond donors (Lipinski definition) is 0. The minimum absolute atomic E-state index is 0.606. The summed E-state index contributed by atoms with van der Waals surface area (Å²) < 4.78 is 24.7. The van der Waals surface area contributed by atoms with E-state index in [2.05, 4.69) is 31.2 Å². The average molecular weight is 389 g/mol. The van der Waals surface area contributed by atoms with E-state index < -0.39 is 5.76 Å². The van der Waals surface area contributed by atoms with Crippen molar-refractivity contribution in [3.05, 3.63) is 65.2 Å². The lowest BCUT2D eigenvalue weighted by Crippen LogP contribution is -2.13. The molecule has 1 fully saturated rings. The van der Waals surface area contributed by atoms with Crippen molar-refractivity contribution in [2.75, 3.05) is 0 Å². The maximum atomic E-state index is 12.4. The zero-order chi connectivity index (χ0) is 19.1. The molecule has 0 atom stereocenters. The summed E-state index contributed by atoms with van der Waals surface area (Å²) in [7, 11) is 0. The Hall–Kier alpha value is -1.35. The van der Waals surface area contributed by atoms with Gasteiger partial charge in [-0.3, -0.25) is 0 Å². The summed E-state index contributed by atoms with van der Waals surface area (Å²) in [6.45, 7) is 2.29. The average Bonchev–Trinajstić information content (AvgIpc) is 2.68. The number of aryl methyl sites for hydroxylation is 2. The van der Waals surface area contributed by atoms with E-state index in [0.717, 1.165) is 24.7 Å². The van der Waals surface area contributed by atoms with Crippen molar-refractivity contribution in [2.45, 2.75) is 74.9 Å². The lowest BCUT2D eigenvalue weighted by molar-refractivity contribution is 0.252. The Morgan fingerprint density at radius 1 is 0.852 bits per heavy atom. The van der Waals surface area contributed by atoms with Crippen LogP contribution in [0.4, 0.5) is 8.78 Å². The Morgan fingerprint density at radius 3 is 1.93 bits per heavy atom. The first kappa shape index (κ1) is 20.4. The summed E-state index contributed by atoms with van der Waals surface area (Å²) in [6, 6.07) is 16.7. The van der Waals surface area contributed by atoms with Crippen LogP contribution in [-0.4, -0.2) is 5.76 Å². The predicted octanol–water partition coefficient (Wildman–Crippen LogP) is 7.86. The van der Waals surface area contributed by atoms with Crippen LogP contribution >= 0.6 is 11.8 Å². The molecular formula is C24H30F2S. The number of alkyl halides is 2. The van der Waals surface area contributed by atoms with Crippen molar-refractivity contribution in [2.24, 2.45) is 5.92 Å². The fraction of sp³-hybridized carbons (Fsp3) is 0.500. The smallest absolute Gasteiger partial charge is 0.198 e. The second kappa shape index (κ2) is 10.3. The number of thioether (sulfide) groups is 1. The van der Waals surface area contributed by atoms with E-state index in [1.807, 2.05) is 12.1 Å². The predicted molar refractivity (Wildman–Crippen MR) is 112 cm³/mol. The second-order valence-corrected chi connectivity index (χ2v) is 8.83. The summed E-state index contributed by atoms with van der Waals surface area (Å²) in [4.78, 5) is 0.631. The van der Waals surface area contributed by atoms with Crippen LogP contribution < -0.4 is 0 Å². The molecule has 0 aromatic heterocycles. The monoisotopic (exact) mass is 388 g/mol. The van der Waals surface area contributed by atoms with Crippen molar-refractivity contribution in [1.29, 1.82) is 0 Å². The van der Waals surface area contributed by atoms with Gasteiger partial charge in [0, 0.05) is 4.90 Å². The van der Waals surface area contributed by atoms with Gasteiger partial charge in [0.25, 0.3) is 5.76 Å². The molecule has 3 rings (SSSR count). The van der Waals surface area contributed by atoms with Crippen LogP contribution in [-0.2, 0) is 12.8 Å². The van der Waals surface area contributed by atoms with E-state index in [-0.39, 0.29) is 0 Å². The van der Waals surface area contributed by atoms with Crippen LogP contribution in [0.1, 0.15) is 68.1 Å². The zero-order valence-electron chi connectivity index (χ0n) is 16.2. The molecule has 1 saturated carbocycles. The van der Waals surface area contributed by atoms with Crippen LogP contribution in [0.3, 0.4) is 0 Å². The van der Waals surface area contributed by atoms with Crippen LogP contribution in [0.25, 0.3) is 0 Å². The summed E-state index contributed by atoms with van der Waals surface area (Å²) in [5.74, 6) is -0.654. The van der Waals surface area contributed by atoms with E-state index in [9.17, 15) is 8.78 Å². The molecule has 0 radical (unpaired) electrons. The third-order valence-corrected chi connectivity index (χ3v) is 6.57. The molecule has 146 valence electrons. The molecule has 0 heterocycles. The molecule has 0 N–H and O–H groups in total. The van der Waals surface area contributed by atoms with Gasteiger partial charge in [-0.1, -0.05) is 67.9 Å². The summed E-state index contributed by atoms with van der Waals surface area (Å²) in [5.41, 5.74) is 4.05. The Labute approximate surface area is 166 Å². The molecular weight excluding hydrogens is 358 g/mol. The van der Waals surface area contributed by atoms with Gasteiger partial charge in [-0.15, -0.1) is 0 Å². The van der Waals surface area contributed by atoms with Crippen LogP contribution in [0, 0.1) is 5.92 Å². The highest BCUT2D eigenvalue weighted by Gasteiger charge is 2.21. The second-order valence-electron chi connectivity index (χ2n) is 7.77. The third kappa shape index (κ3) is 6.34. The largest absolute Gasteiger partial charge is 0.288 e. The van der Waals surface area contributed by atoms with E-state index in [1.165, 1.54) is 55.2 Å². The number of hydrogen-bond acceptors (Lipinski definition) is 1. The van der Waals surface area contributed by atoms with Gasteiger partial charge in [-0.05, 0) is 79.2 Å². The first-order chi connectivity index (χ1) is 13.1. The van der Waals surface area contributed by atoms with E-state index in [1.54, 1.807) is 12.1 Å². The van der Waals surface area contributed by atoms with Crippen molar-refractivity contribution in [1.82, 2.24) is 0 Å². The maximum absolute atomic E-state index is 12.4. The summed E-state index contributed by atoms with van der Waals surface area (Å²) >= 11 is 0.606. The molecule has 2 aromatic rings. The van der Waals surface area contributed by atoms with Crippen molar-refractivity contribution in [3.8, 4) is 0 Å². The highest BCUT2D eigenvalue weighted by molar-refractivity contribution is 7.99. The Bertz CT molecular complexity index is 671. The van der Waals surface area contributed by atoms with Crippen LogP contribution in [0.15, 0.2) is 53.4 Å². The van der Waals surface area contributed by atoms with Gasteiger partial charge in [0.2, 0.25) is 0 Å². The SMILES string of the molecule is CCC[C@H]1CC[C@H](c2ccc(CCc3ccc(SC(F)F)cc3)cc2)CC1. The zero-order valence-corrected chi connectivity index (χ0v) is 17.0. The fourth-order valence-electron chi connectivity index (χ4n) is 4.28. The molecule has 2 aromatic carbocycles. The van der Waals surface area contributed by atoms with Gasteiger partial charge in [-0.2, -0.15) is 8.78 Å². The quantitative estimate of drug-likeness (QED) is 0.415. The third-order valence-electron chi connectivity index (χ3n) is 5.85. The highest BCUT2D eigenvalue weighted by atomic mass is 32.2. The molecule has 0 saturated heterocycles. The van der Waals surface area contributed by atoms with Crippen LogP contribution in [0.2, 0.25) is 0 Å². The molecule has 27 heavy (non-hydrogen) atoms. The lowest BCUT2D eigenvalue weighted by atomic mass is 9.77.